The fraction of sp³-hybridized carbons (Fsp3) is 0.667. The molecule has 1 aromatic carbocycles. The smallest absolute Gasteiger partial charge is 0.251 e. The van der Waals surface area contributed by atoms with Crippen molar-refractivity contribution >= 4 is 29.2 Å². The third-order valence-corrected chi connectivity index (χ3v) is 9.08. The van der Waals surface area contributed by atoms with Crippen LogP contribution >= 0.6 is 0 Å². The zero-order valence-electron chi connectivity index (χ0n) is 24.5. The Morgan fingerprint density at radius 3 is 2.37 bits per heavy atom. The Labute approximate surface area is 243 Å². The lowest BCUT2D eigenvalue weighted by molar-refractivity contribution is -0.137. The summed E-state index contributed by atoms with van der Waals surface area (Å²) in [5, 5.41) is 6.32. The van der Waals surface area contributed by atoms with Crippen molar-refractivity contribution in [3.63, 3.8) is 0 Å². The molecule has 41 heavy (non-hydrogen) atoms. The number of hydrogen-bond donors (Lipinski definition) is 2. The van der Waals surface area contributed by atoms with Gasteiger partial charge in [-0.1, -0.05) is 6.92 Å². The summed E-state index contributed by atoms with van der Waals surface area (Å²) in [6.45, 7) is 10.9. The number of hydrogen-bond acceptors (Lipinski definition) is 8. The van der Waals surface area contributed by atoms with Crippen molar-refractivity contribution in [2.45, 2.75) is 38.3 Å². The maximum absolute atomic E-state index is 13.2. The van der Waals surface area contributed by atoms with Crippen LogP contribution in [0.4, 0.5) is 5.69 Å². The lowest BCUT2D eigenvalue weighted by Crippen LogP contribution is -2.50. The second kappa shape index (κ2) is 13.3. The van der Waals surface area contributed by atoms with Gasteiger partial charge in [0, 0.05) is 83.1 Å². The highest BCUT2D eigenvalue weighted by Gasteiger charge is 2.51. The number of likely N-dealkylation sites (N-methyl/N-ethyl adjacent to an activating group) is 1. The second-order valence-electron chi connectivity index (χ2n) is 12.1. The van der Waals surface area contributed by atoms with Crippen molar-refractivity contribution in [3.05, 3.63) is 29.8 Å². The van der Waals surface area contributed by atoms with E-state index in [9.17, 15) is 19.2 Å². The van der Waals surface area contributed by atoms with Crippen molar-refractivity contribution in [1.29, 1.82) is 0 Å². The van der Waals surface area contributed by atoms with Crippen LogP contribution in [0.1, 0.15) is 36.5 Å². The van der Waals surface area contributed by atoms with Gasteiger partial charge in [-0.3, -0.25) is 24.1 Å². The summed E-state index contributed by atoms with van der Waals surface area (Å²) in [6.07, 6.45) is 1.64. The van der Waals surface area contributed by atoms with Crippen molar-refractivity contribution in [2.75, 3.05) is 90.5 Å². The summed E-state index contributed by atoms with van der Waals surface area (Å²) in [4.78, 5) is 62.0. The molecule has 4 fully saturated rings. The van der Waals surface area contributed by atoms with Crippen molar-refractivity contribution in [2.24, 2.45) is 5.92 Å². The maximum atomic E-state index is 13.2. The third kappa shape index (κ3) is 7.07. The van der Waals surface area contributed by atoms with Crippen molar-refractivity contribution in [3.8, 4) is 0 Å². The molecule has 11 heteroatoms. The number of likely N-dealkylation sites (tertiary alicyclic amines) is 2. The molecule has 0 bridgehead atoms. The SMILES string of the molecule is CC(CCNC(=O)c1ccc(N2CCNCC2)cc1)CC(=O)N1CCC2C1C(=O)CN2C(=O)CN1CCN(C)CC1. The largest absolute Gasteiger partial charge is 0.369 e. The van der Waals surface area contributed by atoms with Crippen LogP contribution in [0.5, 0.6) is 0 Å². The molecule has 224 valence electrons. The van der Waals surface area contributed by atoms with Gasteiger partial charge in [0.25, 0.3) is 5.91 Å². The number of carbonyl (C=O) groups excluding carboxylic acids is 4. The molecule has 3 amide bonds. The predicted octanol–water partition coefficient (Wildman–Crippen LogP) is -0.129. The minimum Gasteiger partial charge on any atom is -0.369 e. The number of ketones is 1. The van der Waals surface area contributed by atoms with Gasteiger partial charge in [-0.15, -0.1) is 0 Å². The number of piperazine rings is 2. The lowest BCUT2D eigenvalue weighted by Gasteiger charge is -2.33. The van der Waals surface area contributed by atoms with Crippen LogP contribution < -0.4 is 15.5 Å². The molecule has 4 saturated heterocycles. The molecule has 5 rings (SSSR count). The van der Waals surface area contributed by atoms with Gasteiger partial charge in [0.15, 0.2) is 5.78 Å². The highest BCUT2D eigenvalue weighted by Crippen LogP contribution is 2.31. The third-order valence-electron chi connectivity index (χ3n) is 9.08. The van der Waals surface area contributed by atoms with Gasteiger partial charge in [-0.25, -0.2) is 0 Å². The Hall–Kier alpha value is -3.02. The topological polar surface area (TPSA) is 109 Å². The number of amides is 3. The molecule has 3 unspecified atom stereocenters. The van der Waals surface area contributed by atoms with E-state index < -0.39 is 6.04 Å². The van der Waals surface area contributed by atoms with E-state index >= 15 is 0 Å². The Bertz CT molecular complexity index is 1100. The van der Waals surface area contributed by atoms with Crippen LogP contribution in [-0.4, -0.2) is 141 Å². The summed E-state index contributed by atoms with van der Waals surface area (Å²) in [5.74, 6) is -0.136. The van der Waals surface area contributed by atoms with Crippen molar-refractivity contribution in [1.82, 2.24) is 30.2 Å². The van der Waals surface area contributed by atoms with Gasteiger partial charge in [0.1, 0.15) is 6.04 Å². The minimum absolute atomic E-state index is 0.00718. The van der Waals surface area contributed by atoms with Crippen molar-refractivity contribution < 1.29 is 19.2 Å². The molecule has 0 spiro atoms. The summed E-state index contributed by atoms with van der Waals surface area (Å²) in [7, 11) is 2.08. The van der Waals surface area contributed by atoms with Crippen LogP contribution in [-0.2, 0) is 14.4 Å². The average molecular weight is 568 g/mol. The van der Waals surface area contributed by atoms with Crippen LogP contribution in [0, 0.1) is 5.92 Å². The Kier molecular flexibility index (Phi) is 9.57. The van der Waals surface area contributed by atoms with E-state index in [0.29, 0.717) is 44.5 Å². The monoisotopic (exact) mass is 567 g/mol. The molecule has 0 aliphatic carbocycles. The van der Waals surface area contributed by atoms with E-state index in [-0.39, 0.29) is 42.0 Å². The van der Waals surface area contributed by atoms with Crippen LogP contribution in [0.15, 0.2) is 24.3 Å². The van der Waals surface area contributed by atoms with E-state index in [1.807, 2.05) is 31.2 Å². The first kappa shape index (κ1) is 29.5. The zero-order chi connectivity index (χ0) is 28.9. The summed E-state index contributed by atoms with van der Waals surface area (Å²) < 4.78 is 0. The lowest BCUT2D eigenvalue weighted by atomic mass is 10.0. The van der Waals surface area contributed by atoms with Crippen LogP contribution in [0.3, 0.4) is 0 Å². The predicted molar refractivity (Wildman–Crippen MR) is 157 cm³/mol. The average Bonchev–Trinajstić information content (AvgIpc) is 3.56. The van der Waals surface area contributed by atoms with E-state index in [2.05, 4.69) is 32.4 Å². The van der Waals surface area contributed by atoms with Gasteiger partial charge in [-0.2, -0.15) is 0 Å². The standard InChI is InChI=1S/C30H45N7O4/c1-22(7-9-32-30(41)23-3-5-24(6-4-23)35-13-10-31-11-14-35)19-27(39)36-12-8-25-29(36)26(38)20-37(25)28(40)21-34-17-15-33(2)16-18-34/h3-6,22,25,29,31H,7-21H2,1-2H3,(H,32,41). The number of fused-ring (bicyclic) bond motifs is 1. The van der Waals surface area contributed by atoms with E-state index in [1.165, 1.54) is 0 Å². The molecule has 1 aromatic rings. The fourth-order valence-corrected chi connectivity index (χ4v) is 6.51. The zero-order valence-corrected chi connectivity index (χ0v) is 24.5. The molecule has 0 radical (unpaired) electrons. The summed E-state index contributed by atoms with van der Waals surface area (Å²) in [5.41, 5.74) is 1.75. The van der Waals surface area contributed by atoms with Gasteiger partial charge >= 0.3 is 0 Å². The van der Waals surface area contributed by atoms with E-state index in [4.69, 9.17) is 0 Å². The van der Waals surface area contributed by atoms with Gasteiger partial charge < -0.3 is 30.2 Å². The highest BCUT2D eigenvalue weighted by molar-refractivity contribution is 5.98. The van der Waals surface area contributed by atoms with Gasteiger partial charge in [0.05, 0.1) is 19.1 Å². The first-order valence-corrected chi connectivity index (χ1v) is 15.2. The highest BCUT2D eigenvalue weighted by atomic mass is 16.2. The maximum Gasteiger partial charge on any atom is 0.251 e. The number of benzene rings is 1. The van der Waals surface area contributed by atoms with Crippen LogP contribution in [0.25, 0.3) is 0 Å². The molecule has 3 atom stereocenters. The quantitative estimate of drug-likeness (QED) is 0.425. The Balaban J connectivity index is 1.05. The number of Topliss-reactive ketones (excluding diaryl/α,β-unsaturated/α-hetero) is 1. The molecule has 0 aromatic heterocycles. The first-order valence-electron chi connectivity index (χ1n) is 15.2. The fourth-order valence-electron chi connectivity index (χ4n) is 6.51. The summed E-state index contributed by atoms with van der Waals surface area (Å²) >= 11 is 0. The Morgan fingerprint density at radius 2 is 1.66 bits per heavy atom. The number of rotatable bonds is 9. The number of nitrogens with zero attached hydrogens (tertiary/aromatic N) is 5. The van der Waals surface area contributed by atoms with E-state index in [0.717, 1.165) is 58.0 Å². The molecular weight excluding hydrogens is 522 g/mol. The first-order chi connectivity index (χ1) is 19.8. The molecular formula is C30H45N7O4. The molecule has 2 N–H and O–H groups in total. The molecule has 0 saturated carbocycles. The summed E-state index contributed by atoms with van der Waals surface area (Å²) in [6, 6.07) is 6.99. The molecule has 11 nitrogen and oxygen atoms in total. The van der Waals surface area contributed by atoms with E-state index in [1.54, 1.807) is 9.80 Å². The number of nitrogens with one attached hydrogen (secondary N) is 2. The number of anilines is 1. The van der Waals surface area contributed by atoms with Crippen LogP contribution in [0.2, 0.25) is 0 Å². The number of carbonyl (C=O) groups is 4. The van der Waals surface area contributed by atoms with Gasteiger partial charge in [0.2, 0.25) is 11.8 Å². The second-order valence-corrected chi connectivity index (χ2v) is 12.1. The normalized spacial score (nSPS) is 24.4. The minimum atomic E-state index is -0.519. The molecule has 4 aliphatic rings. The van der Waals surface area contributed by atoms with Gasteiger partial charge in [-0.05, 0) is 50.1 Å². The Morgan fingerprint density at radius 1 is 0.951 bits per heavy atom. The molecule has 4 aliphatic heterocycles. The molecule has 4 heterocycles.